The molecule has 0 fully saturated rings. The Balaban J connectivity index is 2.76. The third-order valence-corrected chi connectivity index (χ3v) is 2.70. The van der Waals surface area contributed by atoms with Crippen molar-refractivity contribution in [3.05, 3.63) is 40.5 Å². The molecule has 0 saturated carbocycles. The van der Waals surface area contributed by atoms with E-state index < -0.39 is 0 Å². The molecule has 1 aromatic carbocycles. The van der Waals surface area contributed by atoms with Gasteiger partial charge in [-0.05, 0) is 35.0 Å². The first-order valence-electron chi connectivity index (χ1n) is 4.29. The fourth-order valence-corrected chi connectivity index (χ4v) is 1.79. The number of halogens is 1. The lowest BCUT2D eigenvalue weighted by atomic mass is 10.2. The van der Waals surface area contributed by atoms with Gasteiger partial charge in [-0.15, -0.1) is 0 Å². The average molecular weight is 249 g/mol. The summed E-state index contributed by atoms with van der Waals surface area (Å²) in [7, 11) is 0. The van der Waals surface area contributed by atoms with Gasteiger partial charge < -0.3 is 5.41 Å². The predicted octanol–water partition coefficient (Wildman–Crippen LogP) is 3.39. The zero-order valence-corrected chi connectivity index (χ0v) is 9.30. The Morgan fingerprint density at radius 1 is 1.29 bits per heavy atom. The third-order valence-electron chi connectivity index (χ3n) is 2.06. The first-order valence-corrected chi connectivity index (χ1v) is 5.08. The van der Waals surface area contributed by atoms with Crippen LogP contribution in [0, 0.1) is 5.41 Å². The van der Waals surface area contributed by atoms with Gasteiger partial charge in [0.25, 0.3) is 0 Å². The molecule has 0 atom stereocenters. The number of benzene rings is 1. The molecule has 0 saturated heterocycles. The summed E-state index contributed by atoms with van der Waals surface area (Å²) in [6.07, 6.45) is 0. The van der Waals surface area contributed by atoms with Crippen LogP contribution in [0.3, 0.4) is 0 Å². The van der Waals surface area contributed by atoms with Gasteiger partial charge in [0, 0.05) is 9.86 Å². The Morgan fingerprint density at radius 2 is 2.07 bits per heavy atom. The summed E-state index contributed by atoms with van der Waals surface area (Å²) in [5, 5.41) is 8.59. The van der Waals surface area contributed by atoms with Gasteiger partial charge in [0.15, 0.2) is 0 Å². The van der Waals surface area contributed by atoms with E-state index in [1.54, 1.807) is 6.92 Å². The quantitative estimate of drug-likeness (QED) is 0.772. The summed E-state index contributed by atoms with van der Waals surface area (Å²) in [6.45, 7) is 1.74. The fraction of sp³-hybridized carbons (Fsp3) is 0.0909. The first-order chi connectivity index (χ1) is 6.68. The summed E-state index contributed by atoms with van der Waals surface area (Å²) in [6, 6.07) is 9.80. The number of nitrogens with one attached hydrogen (secondary N) is 1. The maximum Gasteiger partial charge on any atom is 0.0851 e. The highest BCUT2D eigenvalue weighted by Gasteiger charge is 2.02. The average Bonchev–Trinajstić information content (AvgIpc) is 2.18. The second kappa shape index (κ2) is 3.50. The van der Waals surface area contributed by atoms with Gasteiger partial charge >= 0.3 is 0 Å². The Labute approximate surface area is 90.6 Å². The topological polar surface area (TPSA) is 36.7 Å². The zero-order chi connectivity index (χ0) is 10.1. The van der Waals surface area contributed by atoms with E-state index in [9.17, 15) is 0 Å². The van der Waals surface area contributed by atoms with Crippen LogP contribution in [0.1, 0.15) is 12.6 Å². The van der Waals surface area contributed by atoms with Gasteiger partial charge in [0.2, 0.25) is 0 Å². The van der Waals surface area contributed by atoms with E-state index in [1.807, 2.05) is 30.3 Å². The normalized spacial score (nSPS) is 10.4. The number of hydrogen-bond donors (Lipinski definition) is 1. The van der Waals surface area contributed by atoms with E-state index >= 15 is 0 Å². The van der Waals surface area contributed by atoms with Gasteiger partial charge in [-0.1, -0.05) is 18.2 Å². The lowest BCUT2D eigenvalue weighted by Crippen LogP contribution is -1.96. The highest BCUT2D eigenvalue weighted by Crippen LogP contribution is 2.21. The van der Waals surface area contributed by atoms with Crippen LogP contribution in [0.25, 0.3) is 10.9 Å². The largest absolute Gasteiger partial charge is 0.303 e. The molecule has 0 bridgehead atoms. The number of fused-ring (bicyclic) bond motifs is 1. The summed E-state index contributed by atoms with van der Waals surface area (Å²) < 4.78 is 0.970. The number of nitrogens with zero attached hydrogens (tertiary/aromatic N) is 1. The van der Waals surface area contributed by atoms with E-state index in [4.69, 9.17) is 5.41 Å². The molecular weight excluding hydrogens is 240 g/mol. The molecule has 0 aliphatic heterocycles. The Hall–Kier alpha value is -1.22. The molecule has 1 N–H and O–H groups in total. The van der Waals surface area contributed by atoms with Gasteiger partial charge in [0.05, 0.1) is 16.9 Å². The summed E-state index contributed by atoms with van der Waals surface area (Å²) >= 11 is 3.45. The zero-order valence-electron chi connectivity index (χ0n) is 7.71. The minimum absolute atomic E-state index is 0.489. The maximum atomic E-state index is 7.50. The van der Waals surface area contributed by atoms with Crippen molar-refractivity contribution >= 4 is 32.5 Å². The van der Waals surface area contributed by atoms with Gasteiger partial charge in [-0.25, -0.2) is 4.98 Å². The number of hydrogen-bond acceptors (Lipinski definition) is 2. The van der Waals surface area contributed by atoms with E-state index in [0.717, 1.165) is 21.1 Å². The van der Waals surface area contributed by atoms with E-state index in [1.165, 1.54) is 0 Å². The van der Waals surface area contributed by atoms with Crippen LogP contribution in [-0.4, -0.2) is 10.7 Å². The molecule has 2 aromatic rings. The van der Waals surface area contributed by atoms with Crippen molar-refractivity contribution in [2.75, 3.05) is 0 Å². The summed E-state index contributed by atoms with van der Waals surface area (Å²) in [5.74, 6) is 0. The molecule has 0 aliphatic carbocycles. The van der Waals surface area contributed by atoms with Crippen molar-refractivity contribution in [2.24, 2.45) is 0 Å². The predicted molar refractivity (Wildman–Crippen MR) is 61.9 cm³/mol. The molecule has 70 valence electrons. The molecule has 2 rings (SSSR count). The molecule has 3 heteroatoms. The molecule has 0 aliphatic rings. The Bertz CT molecular complexity index is 506. The van der Waals surface area contributed by atoms with Crippen LogP contribution < -0.4 is 0 Å². The minimum atomic E-state index is 0.489. The van der Waals surface area contributed by atoms with Crippen LogP contribution in [0.2, 0.25) is 0 Å². The van der Waals surface area contributed by atoms with Crippen molar-refractivity contribution < 1.29 is 0 Å². The van der Waals surface area contributed by atoms with Crippen LogP contribution in [0.4, 0.5) is 0 Å². The van der Waals surface area contributed by atoms with Crippen LogP contribution in [0.5, 0.6) is 0 Å². The smallest absolute Gasteiger partial charge is 0.0851 e. The molecule has 1 heterocycles. The SMILES string of the molecule is CC(=N)c1ccc2cccc(Br)c2n1. The van der Waals surface area contributed by atoms with Crippen LogP contribution >= 0.6 is 15.9 Å². The Kier molecular flexibility index (Phi) is 2.33. The lowest BCUT2D eigenvalue weighted by molar-refractivity contribution is 1.32. The number of pyridine rings is 1. The standard InChI is InChI=1S/C11H9BrN2/c1-7(13)10-6-5-8-3-2-4-9(12)11(8)14-10/h2-6,13H,1H3. The highest BCUT2D eigenvalue weighted by atomic mass is 79.9. The van der Waals surface area contributed by atoms with E-state index in [0.29, 0.717) is 5.71 Å². The summed E-state index contributed by atoms with van der Waals surface area (Å²) in [5.41, 5.74) is 2.13. The lowest BCUT2D eigenvalue weighted by Gasteiger charge is -2.02. The van der Waals surface area contributed by atoms with E-state index in [-0.39, 0.29) is 0 Å². The monoisotopic (exact) mass is 248 g/mol. The number of rotatable bonds is 1. The summed E-state index contributed by atoms with van der Waals surface area (Å²) in [4.78, 5) is 4.40. The maximum absolute atomic E-state index is 7.50. The molecule has 2 nitrogen and oxygen atoms in total. The fourth-order valence-electron chi connectivity index (χ4n) is 1.32. The van der Waals surface area contributed by atoms with Gasteiger partial charge in [0.1, 0.15) is 0 Å². The van der Waals surface area contributed by atoms with Crippen molar-refractivity contribution in [3.63, 3.8) is 0 Å². The number of para-hydroxylation sites is 1. The molecular formula is C11H9BrN2. The molecule has 14 heavy (non-hydrogen) atoms. The third kappa shape index (κ3) is 1.55. The van der Waals surface area contributed by atoms with Gasteiger partial charge in [-0.3, -0.25) is 0 Å². The second-order valence-corrected chi connectivity index (χ2v) is 3.99. The highest BCUT2D eigenvalue weighted by molar-refractivity contribution is 9.10. The van der Waals surface area contributed by atoms with Crippen LogP contribution in [0.15, 0.2) is 34.8 Å². The molecule has 0 radical (unpaired) electrons. The van der Waals surface area contributed by atoms with Crippen molar-refractivity contribution in [3.8, 4) is 0 Å². The molecule has 1 aromatic heterocycles. The molecule has 0 spiro atoms. The molecule has 0 amide bonds. The van der Waals surface area contributed by atoms with Crippen molar-refractivity contribution in [1.29, 1.82) is 5.41 Å². The van der Waals surface area contributed by atoms with Crippen molar-refractivity contribution in [1.82, 2.24) is 4.98 Å². The van der Waals surface area contributed by atoms with Crippen molar-refractivity contribution in [2.45, 2.75) is 6.92 Å². The van der Waals surface area contributed by atoms with Crippen LogP contribution in [-0.2, 0) is 0 Å². The first kappa shape index (κ1) is 9.34. The minimum Gasteiger partial charge on any atom is -0.303 e. The second-order valence-electron chi connectivity index (χ2n) is 3.13. The number of aromatic nitrogens is 1. The Morgan fingerprint density at radius 3 is 2.79 bits per heavy atom. The van der Waals surface area contributed by atoms with E-state index in [2.05, 4.69) is 20.9 Å². The van der Waals surface area contributed by atoms with Gasteiger partial charge in [-0.2, -0.15) is 0 Å². The molecule has 0 unspecified atom stereocenters.